The molecule has 0 heterocycles. The first-order valence-electron chi connectivity index (χ1n) is 5.46. The van der Waals surface area contributed by atoms with Gasteiger partial charge in [0, 0.05) is 12.1 Å². The molecule has 1 fully saturated rings. The van der Waals surface area contributed by atoms with Crippen LogP contribution in [0.1, 0.15) is 18.4 Å². The van der Waals surface area contributed by atoms with Crippen LogP contribution in [0.25, 0.3) is 0 Å². The maximum absolute atomic E-state index is 11.6. The maximum atomic E-state index is 11.6. The van der Waals surface area contributed by atoms with Gasteiger partial charge in [0.1, 0.15) is 5.75 Å². The third-order valence-electron chi connectivity index (χ3n) is 2.81. The minimum absolute atomic E-state index is 0.0116. The van der Waals surface area contributed by atoms with E-state index in [2.05, 4.69) is 5.32 Å². The van der Waals surface area contributed by atoms with Crippen LogP contribution in [0.2, 0.25) is 0 Å². The van der Waals surface area contributed by atoms with Crippen molar-refractivity contribution in [2.24, 2.45) is 5.73 Å². The summed E-state index contributed by atoms with van der Waals surface area (Å²) in [6, 6.07) is 7.23. The summed E-state index contributed by atoms with van der Waals surface area (Å²) in [5.41, 5.74) is 6.45. The summed E-state index contributed by atoms with van der Waals surface area (Å²) >= 11 is 0. The van der Waals surface area contributed by atoms with Crippen molar-refractivity contribution in [3.05, 3.63) is 29.8 Å². The lowest BCUT2D eigenvalue weighted by atomic mass is 9.87. The Kier molecular flexibility index (Phi) is 3.10. The van der Waals surface area contributed by atoms with Crippen molar-refractivity contribution >= 4 is 5.91 Å². The van der Waals surface area contributed by atoms with E-state index in [1.54, 1.807) is 18.2 Å². The number of hydrogen-bond acceptors (Lipinski definition) is 3. The molecule has 2 rings (SSSR count). The summed E-state index contributed by atoms with van der Waals surface area (Å²) in [5.74, 6) is 0.179. The molecular weight excluding hydrogens is 204 g/mol. The Balaban J connectivity index is 1.83. The van der Waals surface area contributed by atoms with E-state index < -0.39 is 0 Å². The van der Waals surface area contributed by atoms with E-state index in [-0.39, 0.29) is 23.7 Å². The molecular formula is C12H16N2O2. The minimum atomic E-state index is -0.0116. The molecule has 1 amide bonds. The molecule has 0 aliphatic heterocycles. The highest BCUT2D eigenvalue weighted by Gasteiger charge is 2.26. The van der Waals surface area contributed by atoms with E-state index in [1.165, 1.54) is 0 Å². The average Bonchev–Trinajstić information content (AvgIpc) is 2.15. The van der Waals surface area contributed by atoms with Gasteiger partial charge in [0.25, 0.3) is 0 Å². The van der Waals surface area contributed by atoms with E-state index in [1.807, 2.05) is 6.07 Å². The largest absolute Gasteiger partial charge is 0.508 e. The van der Waals surface area contributed by atoms with Crippen molar-refractivity contribution in [2.45, 2.75) is 31.3 Å². The van der Waals surface area contributed by atoms with Crippen LogP contribution in [-0.4, -0.2) is 23.1 Å². The van der Waals surface area contributed by atoms with Crippen LogP contribution < -0.4 is 11.1 Å². The summed E-state index contributed by atoms with van der Waals surface area (Å²) < 4.78 is 0. The second-order valence-corrected chi connectivity index (χ2v) is 4.34. The quantitative estimate of drug-likeness (QED) is 0.696. The second-order valence-electron chi connectivity index (χ2n) is 4.34. The number of amides is 1. The first kappa shape index (κ1) is 11.0. The molecule has 0 radical (unpaired) electrons. The van der Waals surface area contributed by atoms with Gasteiger partial charge in [-0.05, 0) is 30.5 Å². The van der Waals surface area contributed by atoms with Crippen LogP contribution in [0.15, 0.2) is 24.3 Å². The van der Waals surface area contributed by atoms with Crippen LogP contribution in [0.5, 0.6) is 5.75 Å². The lowest BCUT2D eigenvalue weighted by Crippen LogP contribution is -2.50. The van der Waals surface area contributed by atoms with Crippen LogP contribution in [0, 0.1) is 0 Å². The molecule has 1 aromatic rings. The summed E-state index contributed by atoms with van der Waals surface area (Å²) in [6.07, 6.45) is 2.04. The van der Waals surface area contributed by atoms with Gasteiger partial charge in [-0.1, -0.05) is 12.1 Å². The SMILES string of the molecule is NC1CC(NC(=O)Cc2cccc(O)c2)C1. The first-order chi connectivity index (χ1) is 7.63. The van der Waals surface area contributed by atoms with E-state index in [9.17, 15) is 9.90 Å². The van der Waals surface area contributed by atoms with Crippen molar-refractivity contribution in [3.63, 3.8) is 0 Å². The van der Waals surface area contributed by atoms with E-state index >= 15 is 0 Å². The summed E-state index contributed by atoms with van der Waals surface area (Å²) in [4.78, 5) is 11.6. The van der Waals surface area contributed by atoms with Gasteiger partial charge in [-0.25, -0.2) is 0 Å². The number of carbonyl (C=O) groups excluding carboxylic acids is 1. The third kappa shape index (κ3) is 2.73. The van der Waals surface area contributed by atoms with E-state index in [0.717, 1.165) is 18.4 Å². The molecule has 0 aromatic heterocycles. The summed E-state index contributed by atoms with van der Waals surface area (Å²) in [7, 11) is 0. The van der Waals surface area contributed by atoms with Crippen LogP contribution >= 0.6 is 0 Å². The van der Waals surface area contributed by atoms with Gasteiger partial charge in [-0.3, -0.25) is 4.79 Å². The van der Waals surface area contributed by atoms with E-state index in [4.69, 9.17) is 5.73 Å². The molecule has 4 nitrogen and oxygen atoms in total. The third-order valence-corrected chi connectivity index (χ3v) is 2.81. The Morgan fingerprint density at radius 1 is 1.50 bits per heavy atom. The number of benzene rings is 1. The Bertz CT molecular complexity index is 386. The van der Waals surface area contributed by atoms with Crippen molar-refractivity contribution in [1.82, 2.24) is 5.32 Å². The van der Waals surface area contributed by atoms with Gasteiger partial charge in [0.2, 0.25) is 5.91 Å². The number of rotatable bonds is 3. The fourth-order valence-electron chi connectivity index (χ4n) is 1.91. The Hall–Kier alpha value is -1.55. The van der Waals surface area contributed by atoms with E-state index in [0.29, 0.717) is 6.42 Å². The molecule has 0 unspecified atom stereocenters. The van der Waals surface area contributed by atoms with Crippen LogP contribution in [0.4, 0.5) is 0 Å². The molecule has 16 heavy (non-hydrogen) atoms. The van der Waals surface area contributed by atoms with Crippen LogP contribution in [-0.2, 0) is 11.2 Å². The van der Waals surface area contributed by atoms with Crippen molar-refractivity contribution in [1.29, 1.82) is 0 Å². The Morgan fingerprint density at radius 3 is 2.88 bits per heavy atom. The number of aromatic hydroxyl groups is 1. The highest BCUT2D eigenvalue weighted by molar-refractivity contribution is 5.79. The molecule has 0 spiro atoms. The smallest absolute Gasteiger partial charge is 0.224 e. The molecule has 0 bridgehead atoms. The number of hydrogen-bond donors (Lipinski definition) is 3. The number of phenols is 1. The number of carbonyl (C=O) groups is 1. The van der Waals surface area contributed by atoms with Gasteiger partial charge in [-0.15, -0.1) is 0 Å². The predicted molar refractivity (Wildman–Crippen MR) is 61.0 cm³/mol. The molecule has 1 aromatic carbocycles. The predicted octanol–water partition coefficient (Wildman–Crippen LogP) is 0.541. The zero-order chi connectivity index (χ0) is 11.5. The lowest BCUT2D eigenvalue weighted by molar-refractivity contribution is -0.121. The van der Waals surface area contributed by atoms with Gasteiger partial charge < -0.3 is 16.2 Å². The van der Waals surface area contributed by atoms with Crippen molar-refractivity contribution < 1.29 is 9.90 Å². The molecule has 1 aliphatic rings. The minimum Gasteiger partial charge on any atom is -0.508 e. The molecule has 4 N–H and O–H groups in total. The zero-order valence-electron chi connectivity index (χ0n) is 9.02. The van der Waals surface area contributed by atoms with Gasteiger partial charge >= 0.3 is 0 Å². The molecule has 4 heteroatoms. The van der Waals surface area contributed by atoms with Gasteiger partial charge in [0.15, 0.2) is 0 Å². The van der Waals surface area contributed by atoms with Crippen molar-refractivity contribution in [3.8, 4) is 5.75 Å². The normalized spacial score (nSPS) is 23.6. The number of nitrogens with two attached hydrogens (primary N) is 1. The summed E-state index contributed by atoms with van der Waals surface area (Å²) in [6.45, 7) is 0. The molecule has 86 valence electrons. The molecule has 1 saturated carbocycles. The van der Waals surface area contributed by atoms with Gasteiger partial charge in [-0.2, -0.15) is 0 Å². The van der Waals surface area contributed by atoms with Gasteiger partial charge in [0.05, 0.1) is 6.42 Å². The molecule has 0 saturated heterocycles. The average molecular weight is 220 g/mol. The fourth-order valence-corrected chi connectivity index (χ4v) is 1.91. The Morgan fingerprint density at radius 2 is 2.25 bits per heavy atom. The van der Waals surface area contributed by atoms with Crippen molar-refractivity contribution in [2.75, 3.05) is 0 Å². The standard InChI is InChI=1S/C12H16N2O2/c13-9-6-10(7-9)14-12(16)5-8-2-1-3-11(15)4-8/h1-4,9-10,15H,5-7,13H2,(H,14,16). The highest BCUT2D eigenvalue weighted by Crippen LogP contribution is 2.17. The van der Waals surface area contributed by atoms with Crippen LogP contribution in [0.3, 0.4) is 0 Å². The second kappa shape index (κ2) is 4.53. The fraction of sp³-hybridized carbons (Fsp3) is 0.417. The first-order valence-corrected chi connectivity index (χ1v) is 5.46. The number of phenolic OH excluding ortho intramolecular Hbond substituents is 1. The molecule has 1 aliphatic carbocycles. The molecule has 0 atom stereocenters. The Labute approximate surface area is 94.5 Å². The monoisotopic (exact) mass is 220 g/mol. The maximum Gasteiger partial charge on any atom is 0.224 e. The lowest BCUT2D eigenvalue weighted by Gasteiger charge is -2.32. The summed E-state index contributed by atoms with van der Waals surface area (Å²) in [5, 5.41) is 12.2. The topological polar surface area (TPSA) is 75.3 Å². The zero-order valence-corrected chi connectivity index (χ0v) is 9.02. The number of nitrogens with one attached hydrogen (secondary N) is 1. The highest BCUT2D eigenvalue weighted by atomic mass is 16.3.